The highest BCUT2D eigenvalue weighted by atomic mass is 31.2. The molecule has 0 heterocycles. The van der Waals surface area contributed by atoms with Crippen LogP contribution >= 0.6 is 7.14 Å². The Bertz CT molecular complexity index is 888. The van der Waals surface area contributed by atoms with E-state index in [9.17, 15) is 9.36 Å². The van der Waals surface area contributed by atoms with Gasteiger partial charge >= 0.3 is 0 Å². The van der Waals surface area contributed by atoms with Crippen molar-refractivity contribution in [2.45, 2.75) is 12.8 Å². The van der Waals surface area contributed by atoms with Gasteiger partial charge < -0.3 is 4.57 Å². The predicted molar refractivity (Wildman–Crippen MR) is 114 cm³/mol. The molecule has 3 aromatic rings. The van der Waals surface area contributed by atoms with Gasteiger partial charge in [-0.2, -0.15) is 0 Å². The number of ketones is 1. The Balaban J connectivity index is 1.70. The topological polar surface area (TPSA) is 34.1 Å². The second-order valence-corrected chi connectivity index (χ2v) is 9.29. The zero-order valence-corrected chi connectivity index (χ0v) is 16.1. The average Bonchev–Trinajstić information content (AvgIpc) is 2.73. The molecule has 0 saturated carbocycles. The van der Waals surface area contributed by atoms with Crippen molar-refractivity contribution < 1.29 is 9.36 Å². The third-order valence-electron chi connectivity index (χ3n) is 4.45. The van der Waals surface area contributed by atoms with E-state index >= 15 is 0 Å². The lowest BCUT2D eigenvalue weighted by Gasteiger charge is -2.18. The van der Waals surface area contributed by atoms with Crippen LogP contribution in [0.3, 0.4) is 0 Å². The molecule has 0 saturated heterocycles. The van der Waals surface area contributed by atoms with Crippen molar-refractivity contribution in [3.8, 4) is 0 Å². The summed E-state index contributed by atoms with van der Waals surface area (Å²) in [7, 11) is -2.96. The van der Waals surface area contributed by atoms with E-state index in [1.807, 2.05) is 103 Å². The lowest BCUT2D eigenvalue weighted by atomic mass is 10.1. The van der Waals surface area contributed by atoms with Gasteiger partial charge in [-0.3, -0.25) is 4.79 Å². The third-order valence-corrected chi connectivity index (χ3v) is 7.51. The van der Waals surface area contributed by atoms with E-state index in [0.717, 1.165) is 16.2 Å². The number of rotatable bonds is 8. The number of carbonyl (C=O) groups is 1. The monoisotopic (exact) mass is 374 g/mol. The van der Waals surface area contributed by atoms with Crippen LogP contribution in [0.25, 0.3) is 6.08 Å². The summed E-state index contributed by atoms with van der Waals surface area (Å²) in [6.45, 7) is 0. The maximum Gasteiger partial charge on any atom is 0.150 e. The van der Waals surface area contributed by atoms with Gasteiger partial charge in [-0.25, -0.2) is 0 Å². The standard InChI is InChI=1S/C24H23O2P/c25-22(15-11-10-14-21-12-4-1-5-13-21)20-27(26,23-16-6-2-7-17-23)24-18-8-3-9-19-24/h1-10,12-14,16-19H,11,15,20H2. The van der Waals surface area contributed by atoms with Crippen LogP contribution in [0.4, 0.5) is 0 Å². The molecule has 3 heteroatoms. The van der Waals surface area contributed by atoms with Crippen LogP contribution in [0.1, 0.15) is 18.4 Å². The third kappa shape index (κ3) is 5.15. The Morgan fingerprint density at radius 1 is 0.741 bits per heavy atom. The molecule has 0 aliphatic carbocycles. The molecule has 0 N–H and O–H groups in total. The largest absolute Gasteiger partial charge is 0.313 e. The molecular weight excluding hydrogens is 351 g/mol. The molecule has 27 heavy (non-hydrogen) atoms. The predicted octanol–water partition coefficient (Wildman–Crippen LogP) is 5.06. The van der Waals surface area contributed by atoms with E-state index in [0.29, 0.717) is 12.8 Å². The Morgan fingerprint density at radius 2 is 1.22 bits per heavy atom. The van der Waals surface area contributed by atoms with Crippen molar-refractivity contribution in [3.05, 3.63) is 103 Å². The van der Waals surface area contributed by atoms with Crippen LogP contribution in [-0.4, -0.2) is 11.9 Å². The first-order valence-corrected chi connectivity index (χ1v) is 11.0. The summed E-state index contributed by atoms with van der Waals surface area (Å²) in [4.78, 5) is 12.6. The van der Waals surface area contributed by atoms with Crippen molar-refractivity contribution in [3.63, 3.8) is 0 Å². The smallest absolute Gasteiger partial charge is 0.150 e. The Kier molecular flexibility index (Phi) is 6.57. The van der Waals surface area contributed by atoms with Crippen molar-refractivity contribution in [2.75, 3.05) is 6.16 Å². The van der Waals surface area contributed by atoms with Gasteiger partial charge in [-0.05, 0) is 12.0 Å². The van der Waals surface area contributed by atoms with E-state index in [2.05, 4.69) is 0 Å². The number of allylic oxidation sites excluding steroid dienone is 1. The average molecular weight is 374 g/mol. The second-order valence-electron chi connectivity index (χ2n) is 6.46. The zero-order valence-electron chi connectivity index (χ0n) is 15.2. The summed E-state index contributed by atoms with van der Waals surface area (Å²) in [6, 6.07) is 28.7. The highest BCUT2D eigenvalue weighted by Crippen LogP contribution is 2.43. The normalized spacial score (nSPS) is 11.6. The SMILES string of the molecule is O=C(CCC=Cc1ccccc1)CP(=O)(c1ccccc1)c1ccccc1. The van der Waals surface area contributed by atoms with Gasteiger partial charge in [0.25, 0.3) is 0 Å². The lowest BCUT2D eigenvalue weighted by Crippen LogP contribution is -2.22. The Hall–Kier alpha value is -2.70. The Labute approximate surface area is 160 Å². The fourth-order valence-electron chi connectivity index (χ4n) is 3.02. The van der Waals surface area contributed by atoms with E-state index < -0.39 is 7.14 Å². The summed E-state index contributed by atoms with van der Waals surface area (Å²) in [5, 5.41) is 1.48. The van der Waals surface area contributed by atoms with Crippen LogP contribution in [0, 0.1) is 0 Å². The van der Waals surface area contributed by atoms with Gasteiger partial charge in [-0.15, -0.1) is 0 Å². The first-order valence-electron chi connectivity index (χ1n) is 9.12. The number of hydrogen-bond acceptors (Lipinski definition) is 2. The molecule has 0 atom stereocenters. The summed E-state index contributed by atoms with van der Waals surface area (Å²) in [5.41, 5.74) is 1.11. The second kappa shape index (κ2) is 9.30. The highest BCUT2D eigenvalue weighted by Gasteiger charge is 2.29. The van der Waals surface area contributed by atoms with Crippen molar-refractivity contribution in [1.29, 1.82) is 0 Å². The maximum absolute atomic E-state index is 13.8. The Morgan fingerprint density at radius 3 is 1.74 bits per heavy atom. The van der Waals surface area contributed by atoms with Crippen LogP contribution in [0.5, 0.6) is 0 Å². The molecule has 0 unspecified atom stereocenters. The van der Waals surface area contributed by atoms with Crippen LogP contribution in [0.2, 0.25) is 0 Å². The van der Waals surface area contributed by atoms with Gasteiger partial charge in [0.15, 0.2) is 0 Å². The summed E-state index contributed by atoms with van der Waals surface area (Å²) in [5.74, 6) is 0.0313. The van der Waals surface area contributed by atoms with Crippen molar-refractivity contribution in [1.82, 2.24) is 0 Å². The summed E-state index contributed by atoms with van der Waals surface area (Å²) >= 11 is 0. The first-order chi connectivity index (χ1) is 13.2. The molecule has 0 amide bonds. The molecule has 3 rings (SSSR count). The zero-order chi connectivity index (χ0) is 19.0. The van der Waals surface area contributed by atoms with E-state index in [4.69, 9.17) is 0 Å². The fraction of sp³-hybridized carbons (Fsp3) is 0.125. The molecule has 2 nitrogen and oxygen atoms in total. The number of benzene rings is 3. The lowest BCUT2D eigenvalue weighted by molar-refractivity contribution is -0.116. The van der Waals surface area contributed by atoms with Gasteiger partial charge in [-0.1, -0.05) is 103 Å². The van der Waals surface area contributed by atoms with E-state index in [1.54, 1.807) is 0 Å². The first kappa shape index (κ1) is 19.1. The summed E-state index contributed by atoms with van der Waals surface area (Å²) in [6.07, 6.45) is 5.13. The van der Waals surface area contributed by atoms with Crippen molar-refractivity contribution in [2.24, 2.45) is 0 Å². The van der Waals surface area contributed by atoms with E-state index in [1.165, 1.54) is 0 Å². The summed E-state index contributed by atoms with van der Waals surface area (Å²) < 4.78 is 13.8. The molecular formula is C24H23O2P. The van der Waals surface area contributed by atoms with Gasteiger partial charge in [0, 0.05) is 17.0 Å². The fourth-order valence-corrected chi connectivity index (χ4v) is 5.65. The van der Waals surface area contributed by atoms with Crippen LogP contribution in [-0.2, 0) is 9.36 Å². The molecule has 0 aliphatic heterocycles. The molecule has 0 spiro atoms. The number of Topliss-reactive ketones (excluding diaryl/α,β-unsaturated/α-hetero) is 1. The molecule has 0 bridgehead atoms. The molecule has 0 radical (unpaired) electrons. The molecule has 0 aromatic heterocycles. The minimum absolute atomic E-state index is 0.0313. The molecule has 3 aromatic carbocycles. The van der Waals surface area contributed by atoms with Gasteiger partial charge in [0.2, 0.25) is 0 Å². The van der Waals surface area contributed by atoms with Gasteiger partial charge in [0.1, 0.15) is 12.9 Å². The maximum atomic E-state index is 13.8. The number of hydrogen-bond donors (Lipinski definition) is 0. The van der Waals surface area contributed by atoms with Crippen LogP contribution in [0.15, 0.2) is 97.1 Å². The molecule has 0 fully saturated rings. The number of carbonyl (C=O) groups excluding carboxylic acids is 1. The minimum Gasteiger partial charge on any atom is -0.313 e. The molecule has 0 aliphatic rings. The molecule has 136 valence electrons. The minimum atomic E-state index is -2.96. The van der Waals surface area contributed by atoms with Gasteiger partial charge in [0.05, 0.1) is 6.16 Å². The van der Waals surface area contributed by atoms with E-state index in [-0.39, 0.29) is 11.9 Å². The van der Waals surface area contributed by atoms with Crippen LogP contribution < -0.4 is 10.6 Å². The van der Waals surface area contributed by atoms with Crippen molar-refractivity contribution >= 4 is 29.6 Å². The quantitative estimate of drug-likeness (QED) is 0.516. The highest BCUT2D eigenvalue weighted by molar-refractivity contribution is 7.79.